The fraction of sp³-hybridized carbons (Fsp3) is 0.778. The van der Waals surface area contributed by atoms with Gasteiger partial charge in [0, 0.05) is 13.6 Å². The van der Waals surface area contributed by atoms with E-state index in [1.54, 1.807) is 14.0 Å². The van der Waals surface area contributed by atoms with Crippen molar-refractivity contribution < 1.29 is 9.59 Å². The molecule has 1 rings (SSSR count). The van der Waals surface area contributed by atoms with Crippen molar-refractivity contribution >= 4 is 24.2 Å². The Kier molecular flexibility index (Phi) is 6.27. The summed E-state index contributed by atoms with van der Waals surface area (Å²) in [6.07, 6.45) is 0.853. The largest absolute Gasteiger partial charge is 0.357 e. The molecule has 1 aliphatic rings. The minimum atomic E-state index is -0.451. The van der Waals surface area contributed by atoms with Gasteiger partial charge in [-0.15, -0.1) is 12.4 Å². The molecule has 88 valence electrons. The second kappa shape index (κ2) is 6.63. The molecule has 1 heterocycles. The van der Waals surface area contributed by atoms with E-state index < -0.39 is 6.04 Å². The summed E-state index contributed by atoms with van der Waals surface area (Å²) in [7, 11) is 1.56. The summed E-state index contributed by atoms with van der Waals surface area (Å²) in [6.45, 7) is 3.28. The number of carbonyl (C=O) groups is 2. The summed E-state index contributed by atoms with van der Waals surface area (Å²) >= 11 is 0. The topological polar surface area (TPSA) is 70.2 Å². The van der Waals surface area contributed by atoms with Crippen LogP contribution in [0.4, 0.5) is 0 Å². The number of amides is 2. The molecule has 0 bridgehead atoms. The maximum Gasteiger partial charge on any atom is 0.242 e. The summed E-state index contributed by atoms with van der Waals surface area (Å²) in [5.74, 6) is -0.183. The summed E-state index contributed by atoms with van der Waals surface area (Å²) in [6, 6.07) is -0.451. The zero-order chi connectivity index (χ0) is 10.6. The Labute approximate surface area is 95.8 Å². The predicted octanol–water partition coefficient (Wildman–Crippen LogP) is -0.732. The third kappa shape index (κ3) is 4.05. The molecular formula is C9H18ClN3O2. The van der Waals surface area contributed by atoms with Gasteiger partial charge in [0.05, 0.1) is 5.92 Å². The molecule has 0 aromatic heterocycles. The first-order valence-corrected chi connectivity index (χ1v) is 4.88. The minimum absolute atomic E-state index is 0. The first-order valence-electron chi connectivity index (χ1n) is 4.88. The summed E-state index contributed by atoms with van der Waals surface area (Å²) in [5, 5.41) is 8.28. The molecule has 0 unspecified atom stereocenters. The molecule has 1 aliphatic heterocycles. The Morgan fingerprint density at radius 3 is 2.60 bits per heavy atom. The number of likely N-dealkylation sites (N-methyl/N-ethyl adjacent to an activating group) is 1. The van der Waals surface area contributed by atoms with Crippen LogP contribution in [0.25, 0.3) is 0 Å². The number of hydrogen-bond acceptors (Lipinski definition) is 3. The van der Waals surface area contributed by atoms with Gasteiger partial charge in [-0.1, -0.05) is 0 Å². The van der Waals surface area contributed by atoms with E-state index in [9.17, 15) is 9.59 Å². The van der Waals surface area contributed by atoms with E-state index in [0.29, 0.717) is 6.54 Å². The van der Waals surface area contributed by atoms with Crippen LogP contribution in [0, 0.1) is 5.92 Å². The number of nitrogens with one attached hydrogen (secondary N) is 3. The van der Waals surface area contributed by atoms with Crippen molar-refractivity contribution in [2.24, 2.45) is 5.92 Å². The Morgan fingerprint density at radius 2 is 2.13 bits per heavy atom. The maximum absolute atomic E-state index is 11.5. The van der Waals surface area contributed by atoms with Crippen LogP contribution < -0.4 is 16.0 Å². The van der Waals surface area contributed by atoms with E-state index in [0.717, 1.165) is 13.0 Å². The third-order valence-electron chi connectivity index (χ3n) is 2.43. The van der Waals surface area contributed by atoms with Crippen LogP contribution in [-0.2, 0) is 9.59 Å². The first kappa shape index (κ1) is 14.2. The van der Waals surface area contributed by atoms with E-state index in [1.165, 1.54) is 0 Å². The van der Waals surface area contributed by atoms with Gasteiger partial charge in [-0.2, -0.15) is 0 Å². The van der Waals surface area contributed by atoms with Crippen molar-refractivity contribution in [1.29, 1.82) is 0 Å². The third-order valence-corrected chi connectivity index (χ3v) is 2.43. The number of hydrogen-bond donors (Lipinski definition) is 3. The maximum atomic E-state index is 11.5. The van der Waals surface area contributed by atoms with E-state index in [4.69, 9.17) is 0 Å². The zero-order valence-corrected chi connectivity index (χ0v) is 9.82. The molecule has 0 radical (unpaired) electrons. The van der Waals surface area contributed by atoms with Crippen LogP contribution >= 0.6 is 12.4 Å². The van der Waals surface area contributed by atoms with Crippen molar-refractivity contribution in [2.45, 2.75) is 19.4 Å². The Balaban J connectivity index is 0.00000196. The lowest BCUT2D eigenvalue weighted by atomic mass is 10.1. The fourth-order valence-corrected chi connectivity index (χ4v) is 1.49. The van der Waals surface area contributed by atoms with Crippen LogP contribution in [0.5, 0.6) is 0 Å². The van der Waals surface area contributed by atoms with Crippen molar-refractivity contribution in [3.63, 3.8) is 0 Å². The van der Waals surface area contributed by atoms with Gasteiger partial charge in [-0.25, -0.2) is 0 Å². The molecule has 15 heavy (non-hydrogen) atoms. The minimum Gasteiger partial charge on any atom is -0.357 e. The average Bonchev–Trinajstić information content (AvgIpc) is 2.69. The highest BCUT2D eigenvalue weighted by atomic mass is 35.5. The van der Waals surface area contributed by atoms with Gasteiger partial charge in [-0.05, 0) is 19.9 Å². The highest BCUT2D eigenvalue weighted by Crippen LogP contribution is 2.07. The Hall–Kier alpha value is -0.810. The molecule has 2 atom stereocenters. The highest BCUT2D eigenvalue weighted by Gasteiger charge is 2.24. The Bertz CT molecular complexity index is 229. The molecule has 5 nitrogen and oxygen atoms in total. The van der Waals surface area contributed by atoms with Gasteiger partial charge in [0.25, 0.3) is 0 Å². The molecule has 6 heteroatoms. The summed E-state index contributed by atoms with van der Waals surface area (Å²) < 4.78 is 0. The molecular weight excluding hydrogens is 218 g/mol. The van der Waals surface area contributed by atoms with E-state index in [1.807, 2.05) is 0 Å². The zero-order valence-electron chi connectivity index (χ0n) is 9.00. The van der Waals surface area contributed by atoms with Crippen LogP contribution in [0.1, 0.15) is 13.3 Å². The average molecular weight is 236 g/mol. The Morgan fingerprint density at radius 1 is 1.47 bits per heavy atom. The molecule has 3 N–H and O–H groups in total. The molecule has 2 amide bonds. The molecule has 0 aromatic carbocycles. The lowest BCUT2D eigenvalue weighted by Crippen LogP contribution is -2.46. The molecule has 0 aromatic rings. The van der Waals surface area contributed by atoms with E-state index >= 15 is 0 Å². The number of carbonyl (C=O) groups excluding carboxylic acids is 2. The number of rotatable bonds is 3. The standard InChI is InChI=1S/C9H17N3O2.ClH/c1-6(8(13)10-2)12-9(14)7-3-4-11-5-7;/h6-7,11H,3-5H2,1-2H3,(H,10,13)(H,12,14);1H/t6-,7+;/m1./s1. The van der Waals surface area contributed by atoms with E-state index in [-0.39, 0.29) is 30.1 Å². The summed E-state index contributed by atoms with van der Waals surface area (Å²) in [4.78, 5) is 22.7. The fourth-order valence-electron chi connectivity index (χ4n) is 1.49. The summed E-state index contributed by atoms with van der Waals surface area (Å²) in [5.41, 5.74) is 0. The van der Waals surface area contributed by atoms with Gasteiger partial charge in [0.15, 0.2) is 0 Å². The second-order valence-corrected chi connectivity index (χ2v) is 3.53. The smallest absolute Gasteiger partial charge is 0.242 e. The van der Waals surface area contributed by atoms with Crippen molar-refractivity contribution in [3.05, 3.63) is 0 Å². The van der Waals surface area contributed by atoms with Crippen molar-refractivity contribution in [1.82, 2.24) is 16.0 Å². The SMILES string of the molecule is CNC(=O)[C@@H](C)NC(=O)[C@H]1CCNC1.Cl. The van der Waals surface area contributed by atoms with Crippen LogP contribution in [0.15, 0.2) is 0 Å². The van der Waals surface area contributed by atoms with Gasteiger partial charge in [-0.3, -0.25) is 9.59 Å². The monoisotopic (exact) mass is 235 g/mol. The number of halogens is 1. The molecule has 0 aliphatic carbocycles. The van der Waals surface area contributed by atoms with Gasteiger partial charge in [0.2, 0.25) is 11.8 Å². The predicted molar refractivity (Wildman–Crippen MR) is 59.9 cm³/mol. The molecule has 0 spiro atoms. The van der Waals surface area contributed by atoms with E-state index in [2.05, 4.69) is 16.0 Å². The second-order valence-electron chi connectivity index (χ2n) is 3.53. The molecule has 1 saturated heterocycles. The van der Waals surface area contributed by atoms with Crippen molar-refractivity contribution in [2.75, 3.05) is 20.1 Å². The highest BCUT2D eigenvalue weighted by molar-refractivity contribution is 5.88. The lowest BCUT2D eigenvalue weighted by molar-refractivity contribution is -0.130. The van der Waals surface area contributed by atoms with Gasteiger partial charge >= 0.3 is 0 Å². The molecule has 0 saturated carbocycles. The normalized spacial score (nSPS) is 21.3. The molecule has 1 fully saturated rings. The van der Waals surface area contributed by atoms with Crippen LogP contribution in [-0.4, -0.2) is 38.0 Å². The van der Waals surface area contributed by atoms with Gasteiger partial charge < -0.3 is 16.0 Å². The van der Waals surface area contributed by atoms with Crippen molar-refractivity contribution in [3.8, 4) is 0 Å². The lowest BCUT2D eigenvalue weighted by Gasteiger charge is -2.15. The van der Waals surface area contributed by atoms with Crippen LogP contribution in [0.3, 0.4) is 0 Å². The first-order chi connectivity index (χ1) is 6.65. The van der Waals surface area contributed by atoms with Gasteiger partial charge in [0.1, 0.15) is 6.04 Å². The van der Waals surface area contributed by atoms with Crippen LogP contribution in [0.2, 0.25) is 0 Å². The quantitative estimate of drug-likeness (QED) is 0.604.